The lowest BCUT2D eigenvalue weighted by Gasteiger charge is -2.25. The van der Waals surface area contributed by atoms with Crippen LogP contribution in [0.5, 0.6) is 0 Å². The van der Waals surface area contributed by atoms with Gasteiger partial charge in [0, 0.05) is 24.8 Å². The van der Waals surface area contributed by atoms with Crippen molar-refractivity contribution in [2.75, 3.05) is 17.2 Å². The number of nitrogens with one attached hydrogen (secondary N) is 2. The summed E-state index contributed by atoms with van der Waals surface area (Å²) in [5, 5.41) is 16.6. The van der Waals surface area contributed by atoms with Crippen molar-refractivity contribution in [2.24, 2.45) is 0 Å². The Morgan fingerprint density at radius 3 is 2.69 bits per heavy atom. The Labute approximate surface area is 230 Å². The van der Waals surface area contributed by atoms with Gasteiger partial charge in [-0.25, -0.2) is 4.98 Å². The predicted molar refractivity (Wildman–Crippen MR) is 154 cm³/mol. The van der Waals surface area contributed by atoms with Crippen LogP contribution in [-0.2, 0) is 9.53 Å². The molecule has 39 heavy (non-hydrogen) atoms. The molecule has 2 unspecified atom stereocenters. The molecule has 0 spiro atoms. The van der Waals surface area contributed by atoms with Gasteiger partial charge in [-0.3, -0.25) is 9.36 Å². The van der Waals surface area contributed by atoms with E-state index >= 15 is 0 Å². The van der Waals surface area contributed by atoms with Gasteiger partial charge in [-0.15, -0.1) is 0 Å². The maximum atomic E-state index is 11.4. The van der Waals surface area contributed by atoms with E-state index in [0.29, 0.717) is 18.4 Å². The summed E-state index contributed by atoms with van der Waals surface area (Å²) in [6.07, 6.45) is 14.7. The number of fused-ring (bicyclic) bond motifs is 1. The topological polar surface area (TPSA) is 114 Å². The molecule has 9 heteroatoms. The predicted octanol–water partition coefficient (Wildman–Crippen LogP) is 7.15. The van der Waals surface area contributed by atoms with E-state index in [1.165, 1.54) is 19.3 Å². The molecular weight excluding hydrogens is 492 g/mol. The molecule has 3 heterocycles. The van der Waals surface area contributed by atoms with Gasteiger partial charge in [0.1, 0.15) is 6.23 Å². The highest BCUT2D eigenvalue weighted by Gasteiger charge is 2.24. The fourth-order valence-corrected chi connectivity index (χ4v) is 5.96. The number of carboxylic acids is 1. The second-order valence-corrected chi connectivity index (χ2v) is 11.0. The first-order valence-electron chi connectivity index (χ1n) is 14.8. The Bertz CT molecular complexity index is 1230. The standard InChI is InChI=1S/C30H42N6O3/c1-2-3-11-21(17-18-26(37)38)23-14-7-8-15-24(23)33-30-34-28(32-22-12-5-4-6-13-22)27-29(35-30)36(20-31-27)25-16-9-10-19-39-25/h7-8,14-15,20-22,25H,2-6,9-13,16-19H2,1H3,(H,37,38)(H2,32,33,34,35). The van der Waals surface area contributed by atoms with E-state index in [2.05, 4.69) is 28.2 Å². The van der Waals surface area contributed by atoms with Crippen LogP contribution in [0.4, 0.5) is 17.5 Å². The van der Waals surface area contributed by atoms with Gasteiger partial charge in [0.25, 0.3) is 0 Å². The quantitative estimate of drug-likeness (QED) is 0.224. The Hall–Kier alpha value is -3.20. The molecule has 9 nitrogen and oxygen atoms in total. The molecule has 210 valence electrons. The number of hydrogen-bond donors (Lipinski definition) is 3. The van der Waals surface area contributed by atoms with Gasteiger partial charge in [0.2, 0.25) is 5.95 Å². The molecule has 2 aromatic heterocycles. The van der Waals surface area contributed by atoms with Gasteiger partial charge in [-0.1, -0.05) is 57.2 Å². The molecule has 2 aliphatic rings. The van der Waals surface area contributed by atoms with E-state index in [1.807, 2.05) is 24.5 Å². The second-order valence-electron chi connectivity index (χ2n) is 11.0. The normalized spacial score (nSPS) is 19.2. The highest BCUT2D eigenvalue weighted by Crippen LogP contribution is 2.35. The van der Waals surface area contributed by atoms with Crippen LogP contribution in [-0.4, -0.2) is 43.2 Å². The van der Waals surface area contributed by atoms with E-state index in [-0.39, 0.29) is 18.6 Å². The zero-order valence-electron chi connectivity index (χ0n) is 23.1. The molecule has 0 radical (unpaired) electrons. The lowest BCUT2D eigenvalue weighted by molar-refractivity contribution is -0.137. The first kappa shape index (κ1) is 27.4. The number of imidazole rings is 1. The fourth-order valence-electron chi connectivity index (χ4n) is 5.96. The van der Waals surface area contributed by atoms with Crippen LogP contribution < -0.4 is 10.6 Å². The van der Waals surface area contributed by atoms with Crippen molar-refractivity contribution >= 4 is 34.6 Å². The number of carboxylic acid groups (broad SMARTS) is 1. The summed E-state index contributed by atoms with van der Waals surface area (Å²) < 4.78 is 8.14. The molecule has 1 aliphatic heterocycles. The smallest absolute Gasteiger partial charge is 0.303 e. The summed E-state index contributed by atoms with van der Waals surface area (Å²) in [5.41, 5.74) is 3.58. The van der Waals surface area contributed by atoms with Crippen molar-refractivity contribution in [3.05, 3.63) is 36.2 Å². The van der Waals surface area contributed by atoms with Crippen LogP contribution in [0.15, 0.2) is 30.6 Å². The SMILES string of the molecule is CCCCC(CCC(=O)O)c1ccccc1Nc1nc(NC2CCCCC2)c2ncn(C3CCCCO3)c2n1. The average Bonchev–Trinajstić information content (AvgIpc) is 3.39. The molecule has 2 atom stereocenters. The first-order chi connectivity index (χ1) is 19.1. The number of carbonyl (C=O) groups is 1. The van der Waals surface area contributed by atoms with Crippen molar-refractivity contribution in [3.8, 4) is 0 Å². The molecule has 0 amide bonds. The number of aliphatic carboxylic acids is 1. The number of aromatic nitrogens is 4. The van der Waals surface area contributed by atoms with Crippen LogP contribution >= 0.6 is 0 Å². The van der Waals surface area contributed by atoms with Crippen LogP contribution in [0.1, 0.15) is 108 Å². The van der Waals surface area contributed by atoms with E-state index in [0.717, 1.165) is 86.2 Å². The van der Waals surface area contributed by atoms with Gasteiger partial charge in [0.05, 0.1) is 6.33 Å². The molecule has 1 saturated heterocycles. The van der Waals surface area contributed by atoms with Crippen molar-refractivity contribution in [1.29, 1.82) is 0 Å². The average molecular weight is 535 g/mol. The van der Waals surface area contributed by atoms with E-state index in [4.69, 9.17) is 19.7 Å². The first-order valence-corrected chi connectivity index (χ1v) is 14.8. The molecular formula is C30H42N6O3. The maximum Gasteiger partial charge on any atom is 0.303 e. The molecule has 0 bridgehead atoms. The Kier molecular flexibility index (Phi) is 9.29. The van der Waals surface area contributed by atoms with E-state index < -0.39 is 5.97 Å². The summed E-state index contributed by atoms with van der Waals surface area (Å²) in [4.78, 5) is 26.0. The number of unbranched alkanes of at least 4 members (excludes halogenated alkanes) is 1. The van der Waals surface area contributed by atoms with Crippen molar-refractivity contribution in [3.63, 3.8) is 0 Å². The Morgan fingerprint density at radius 2 is 1.92 bits per heavy atom. The molecule has 2 fully saturated rings. The third-order valence-electron chi connectivity index (χ3n) is 8.09. The molecule has 1 aromatic carbocycles. The largest absolute Gasteiger partial charge is 0.481 e. The summed E-state index contributed by atoms with van der Waals surface area (Å²) >= 11 is 0. The van der Waals surface area contributed by atoms with Gasteiger partial charge < -0.3 is 20.5 Å². The summed E-state index contributed by atoms with van der Waals surface area (Å²) in [5.74, 6) is 0.662. The zero-order chi connectivity index (χ0) is 27.0. The third kappa shape index (κ3) is 6.87. The highest BCUT2D eigenvalue weighted by molar-refractivity contribution is 5.85. The van der Waals surface area contributed by atoms with Crippen LogP contribution in [0.25, 0.3) is 11.2 Å². The number of benzene rings is 1. The summed E-state index contributed by atoms with van der Waals surface area (Å²) in [7, 11) is 0. The van der Waals surface area contributed by atoms with Crippen LogP contribution in [0.2, 0.25) is 0 Å². The zero-order valence-corrected chi connectivity index (χ0v) is 23.1. The minimum atomic E-state index is -0.757. The van der Waals surface area contributed by atoms with Gasteiger partial charge in [0.15, 0.2) is 17.0 Å². The van der Waals surface area contributed by atoms with Crippen molar-refractivity contribution in [1.82, 2.24) is 19.5 Å². The molecule has 1 aliphatic carbocycles. The van der Waals surface area contributed by atoms with Gasteiger partial charge in [-0.05, 0) is 62.5 Å². The Balaban J connectivity index is 1.49. The molecule has 3 N–H and O–H groups in total. The number of para-hydroxylation sites is 1. The van der Waals surface area contributed by atoms with Gasteiger partial charge >= 0.3 is 5.97 Å². The van der Waals surface area contributed by atoms with Crippen molar-refractivity contribution in [2.45, 2.75) is 109 Å². The van der Waals surface area contributed by atoms with Crippen LogP contribution in [0.3, 0.4) is 0 Å². The second kappa shape index (κ2) is 13.2. The number of anilines is 3. The van der Waals surface area contributed by atoms with Gasteiger partial charge in [-0.2, -0.15) is 9.97 Å². The summed E-state index contributed by atoms with van der Waals surface area (Å²) in [6, 6.07) is 8.54. The number of rotatable bonds is 12. The third-order valence-corrected chi connectivity index (χ3v) is 8.09. The lowest BCUT2D eigenvalue weighted by Crippen LogP contribution is -2.23. The summed E-state index contributed by atoms with van der Waals surface area (Å²) in [6.45, 7) is 2.91. The molecule has 3 aromatic rings. The van der Waals surface area contributed by atoms with E-state index in [1.54, 1.807) is 0 Å². The monoisotopic (exact) mass is 534 g/mol. The highest BCUT2D eigenvalue weighted by atomic mass is 16.5. The maximum absolute atomic E-state index is 11.4. The minimum absolute atomic E-state index is 0.0734. The molecule has 1 saturated carbocycles. The number of ether oxygens (including phenoxy) is 1. The van der Waals surface area contributed by atoms with Crippen molar-refractivity contribution < 1.29 is 14.6 Å². The number of hydrogen-bond acceptors (Lipinski definition) is 7. The lowest BCUT2D eigenvalue weighted by atomic mass is 9.88. The Morgan fingerprint density at radius 1 is 1.10 bits per heavy atom. The van der Waals surface area contributed by atoms with E-state index in [9.17, 15) is 9.90 Å². The molecule has 5 rings (SSSR count). The van der Waals surface area contributed by atoms with Crippen LogP contribution in [0, 0.1) is 0 Å². The fraction of sp³-hybridized carbons (Fsp3) is 0.600. The number of nitrogens with zero attached hydrogens (tertiary/aromatic N) is 4. The minimum Gasteiger partial charge on any atom is -0.481 e.